The van der Waals surface area contributed by atoms with Crippen LogP contribution < -0.4 is 10.5 Å². The van der Waals surface area contributed by atoms with E-state index in [-0.39, 0.29) is 16.0 Å². The summed E-state index contributed by atoms with van der Waals surface area (Å²) in [4.78, 5) is 1.01. The Bertz CT molecular complexity index is 636. The fourth-order valence-electron chi connectivity index (χ4n) is 1.19. The van der Waals surface area contributed by atoms with Crippen LogP contribution in [0.15, 0.2) is 16.5 Å². The number of sulfonamides is 1. The maximum Gasteiger partial charge on any atom is 0.269 e. The van der Waals surface area contributed by atoms with Gasteiger partial charge in [0, 0.05) is 11.4 Å². The third-order valence-electron chi connectivity index (χ3n) is 1.94. The molecule has 0 saturated carbocycles. The molecule has 2 aromatic heterocycles. The van der Waals surface area contributed by atoms with Crippen molar-refractivity contribution in [2.75, 3.05) is 12.3 Å². The fraction of sp³-hybridized carbons (Fsp3) is 0.250. The van der Waals surface area contributed by atoms with Crippen LogP contribution in [0.3, 0.4) is 0 Å². The highest BCUT2D eigenvalue weighted by molar-refractivity contribution is 7.91. The molecule has 0 saturated heterocycles. The van der Waals surface area contributed by atoms with E-state index in [9.17, 15) is 8.42 Å². The van der Waals surface area contributed by atoms with Crippen molar-refractivity contribution < 1.29 is 8.42 Å². The number of nitrogen functional groups attached to an aromatic ring is 1. The molecule has 3 N–H and O–H groups in total. The van der Waals surface area contributed by atoms with Crippen molar-refractivity contribution in [3.05, 3.63) is 21.3 Å². The van der Waals surface area contributed by atoms with Crippen LogP contribution in [-0.4, -0.2) is 25.2 Å². The Kier molecular flexibility index (Phi) is 4.17. The summed E-state index contributed by atoms with van der Waals surface area (Å²) in [5.41, 5.74) is 5.34. The molecule has 0 aliphatic carbocycles. The van der Waals surface area contributed by atoms with E-state index in [1.54, 1.807) is 6.07 Å². The zero-order valence-corrected chi connectivity index (χ0v) is 12.2. The van der Waals surface area contributed by atoms with E-state index >= 15 is 0 Å². The van der Waals surface area contributed by atoms with Crippen molar-refractivity contribution in [2.45, 2.75) is 10.8 Å². The molecule has 0 aliphatic rings. The molecule has 2 aromatic rings. The van der Waals surface area contributed by atoms with Crippen LogP contribution in [0, 0.1) is 0 Å². The number of hydrogen-bond acceptors (Lipinski definition) is 7. The molecule has 0 bridgehead atoms. The van der Waals surface area contributed by atoms with Gasteiger partial charge in [0.15, 0.2) is 0 Å². The highest BCUT2D eigenvalue weighted by atomic mass is 35.5. The lowest BCUT2D eigenvalue weighted by Crippen LogP contribution is -2.25. The van der Waals surface area contributed by atoms with E-state index in [1.165, 1.54) is 11.3 Å². The van der Waals surface area contributed by atoms with Gasteiger partial charge in [-0.2, -0.15) is 0 Å². The molecule has 98 valence electrons. The first-order chi connectivity index (χ1) is 8.47. The van der Waals surface area contributed by atoms with E-state index in [1.807, 2.05) is 6.07 Å². The number of thiophene rings is 1. The van der Waals surface area contributed by atoms with Crippen LogP contribution in [0.4, 0.5) is 5.13 Å². The molecular weight excluding hydrogens is 316 g/mol. The minimum absolute atomic E-state index is 0.121. The summed E-state index contributed by atoms with van der Waals surface area (Å²) in [6.07, 6.45) is 0.574. The number of anilines is 1. The Labute approximate surface area is 117 Å². The van der Waals surface area contributed by atoms with Crippen molar-refractivity contribution >= 4 is 49.4 Å². The number of rotatable bonds is 5. The standard InChI is InChI=1S/C8H9ClN4O2S3/c9-6-2-1-5(16-6)3-4-11-18(14,15)8-13-12-7(10)17-8/h1-2,11H,3-4H2,(H2,10,12). The largest absolute Gasteiger partial charge is 0.374 e. The third kappa shape index (κ3) is 3.39. The van der Waals surface area contributed by atoms with E-state index in [0.717, 1.165) is 16.2 Å². The summed E-state index contributed by atoms with van der Waals surface area (Å²) in [6.45, 7) is 0.276. The Balaban J connectivity index is 1.93. The van der Waals surface area contributed by atoms with Crippen molar-refractivity contribution in [3.63, 3.8) is 0 Å². The van der Waals surface area contributed by atoms with Gasteiger partial charge in [-0.25, -0.2) is 13.1 Å². The highest BCUT2D eigenvalue weighted by Gasteiger charge is 2.18. The molecule has 2 heterocycles. The van der Waals surface area contributed by atoms with Gasteiger partial charge in [-0.3, -0.25) is 0 Å². The Hall–Kier alpha value is -0.740. The first-order valence-electron chi connectivity index (χ1n) is 4.80. The van der Waals surface area contributed by atoms with Gasteiger partial charge in [0.1, 0.15) is 0 Å². The number of halogens is 1. The SMILES string of the molecule is Nc1nnc(S(=O)(=O)NCCc2ccc(Cl)s2)s1. The van der Waals surface area contributed by atoms with Gasteiger partial charge in [-0.15, -0.1) is 21.5 Å². The van der Waals surface area contributed by atoms with Crippen LogP contribution in [0.25, 0.3) is 0 Å². The zero-order valence-electron chi connectivity index (χ0n) is 8.96. The summed E-state index contributed by atoms with van der Waals surface area (Å²) in [5, 5.41) is 7.08. The van der Waals surface area contributed by atoms with Gasteiger partial charge in [-0.05, 0) is 18.6 Å². The second kappa shape index (κ2) is 5.49. The van der Waals surface area contributed by atoms with Gasteiger partial charge in [-0.1, -0.05) is 22.9 Å². The Morgan fingerprint density at radius 3 is 2.67 bits per heavy atom. The molecule has 0 unspecified atom stereocenters. The molecule has 6 nitrogen and oxygen atoms in total. The van der Waals surface area contributed by atoms with Gasteiger partial charge < -0.3 is 5.73 Å². The monoisotopic (exact) mass is 324 g/mol. The summed E-state index contributed by atoms with van der Waals surface area (Å²) < 4.78 is 26.5. The topological polar surface area (TPSA) is 98.0 Å². The van der Waals surface area contributed by atoms with Gasteiger partial charge in [0.2, 0.25) is 9.47 Å². The minimum Gasteiger partial charge on any atom is -0.374 e. The van der Waals surface area contributed by atoms with Crippen molar-refractivity contribution in [2.24, 2.45) is 0 Å². The lowest BCUT2D eigenvalue weighted by atomic mass is 10.3. The summed E-state index contributed by atoms with van der Waals surface area (Å²) in [6, 6.07) is 3.64. The van der Waals surface area contributed by atoms with Crippen LogP contribution in [0.1, 0.15) is 4.88 Å². The number of nitrogens with zero attached hydrogens (tertiary/aromatic N) is 2. The quantitative estimate of drug-likeness (QED) is 0.865. The average molecular weight is 325 g/mol. The number of nitrogens with two attached hydrogens (primary N) is 1. The molecule has 0 radical (unpaired) electrons. The van der Waals surface area contributed by atoms with Crippen LogP contribution in [0.2, 0.25) is 4.34 Å². The lowest BCUT2D eigenvalue weighted by molar-refractivity contribution is 0.580. The van der Waals surface area contributed by atoms with E-state index in [2.05, 4.69) is 14.9 Å². The minimum atomic E-state index is -3.62. The molecule has 0 amide bonds. The molecule has 0 aromatic carbocycles. The fourth-order valence-corrected chi connectivity index (χ4v) is 4.13. The van der Waals surface area contributed by atoms with Gasteiger partial charge in [0.25, 0.3) is 10.0 Å². The number of aromatic nitrogens is 2. The third-order valence-corrected chi connectivity index (χ3v) is 5.82. The number of nitrogens with one attached hydrogen (secondary N) is 1. The molecule has 0 aliphatic heterocycles. The van der Waals surface area contributed by atoms with Gasteiger partial charge >= 0.3 is 0 Å². The first-order valence-corrected chi connectivity index (χ1v) is 8.29. The Morgan fingerprint density at radius 1 is 1.33 bits per heavy atom. The highest BCUT2D eigenvalue weighted by Crippen LogP contribution is 2.21. The molecule has 10 heteroatoms. The maximum absolute atomic E-state index is 11.8. The molecule has 2 rings (SSSR count). The van der Waals surface area contributed by atoms with Crippen LogP contribution >= 0.6 is 34.3 Å². The average Bonchev–Trinajstić information content (AvgIpc) is 2.88. The van der Waals surface area contributed by atoms with Crippen LogP contribution in [0.5, 0.6) is 0 Å². The summed E-state index contributed by atoms with van der Waals surface area (Å²) in [5.74, 6) is 0. The van der Waals surface area contributed by atoms with E-state index < -0.39 is 10.0 Å². The van der Waals surface area contributed by atoms with Crippen molar-refractivity contribution in [1.82, 2.24) is 14.9 Å². The second-order valence-corrected chi connectivity index (χ2v) is 8.01. The smallest absolute Gasteiger partial charge is 0.269 e. The molecule has 0 atom stereocenters. The predicted molar refractivity (Wildman–Crippen MR) is 72.5 cm³/mol. The van der Waals surface area contributed by atoms with Crippen molar-refractivity contribution in [3.8, 4) is 0 Å². The summed E-state index contributed by atoms with van der Waals surface area (Å²) in [7, 11) is -3.62. The normalized spacial score (nSPS) is 11.8. The molecule has 0 fully saturated rings. The van der Waals surface area contributed by atoms with Gasteiger partial charge in [0.05, 0.1) is 4.34 Å². The maximum atomic E-state index is 11.8. The van der Waals surface area contributed by atoms with E-state index in [4.69, 9.17) is 17.3 Å². The molecule has 0 spiro atoms. The predicted octanol–water partition coefficient (Wildman–Crippen LogP) is 1.36. The lowest BCUT2D eigenvalue weighted by Gasteiger charge is -2.01. The zero-order chi connectivity index (χ0) is 13.2. The molecular formula is C8H9ClN4O2S3. The van der Waals surface area contributed by atoms with Crippen LogP contribution in [-0.2, 0) is 16.4 Å². The second-order valence-electron chi connectivity index (χ2n) is 3.26. The summed E-state index contributed by atoms with van der Waals surface area (Å²) >= 11 is 8.03. The van der Waals surface area contributed by atoms with E-state index in [0.29, 0.717) is 10.8 Å². The molecule has 18 heavy (non-hydrogen) atoms. The Morgan fingerprint density at radius 2 is 2.11 bits per heavy atom. The first kappa shape index (κ1) is 13.7. The van der Waals surface area contributed by atoms with Crippen molar-refractivity contribution in [1.29, 1.82) is 0 Å². The number of hydrogen-bond donors (Lipinski definition) is 2.